The minimum Gasteiger partial charge on any atom is -0.484 e. The number of ether oxygens (including phenoxy) is 2. The normalized spacial score (nSPS) is 10.2. The van der Waals surface area contributed by atoms with Crippen LogP contribution in [0.3, 0.4) is 0 Å². The van der Waals surface area contributed by atoms with Crippen LogP contribution in [0.5, 0.6) is 17.2 Å². The van der Waals surface area contributed by atoms with Crippen LogP contribution in [0.15, 0.2) is 91.3 Å². The third-order valence-corrected chi connectivity index (χ3v) is 4.41. The number of para-hydroxylation sites is 2. The Morgan fingerprint density at radius 2 is 1.39 bits per heavy atom. The summed E-state index contributed by atoms with van der Waals surface area (Å²) < 4.78 is 11.2. The van der Waals surface area contributed by atoms with Gasteiger partial charge < -0.3 is 20.5 Å². The van der Waals surface area contributed by atoms with Gasteiger partial charge in [-0.15, -0.1) is 0 Å². The number of carbonyl (C=O) groups is 1. The first-order valence-corrected chi connectivity index (χ1v) is 10.1. The zero-order valence-electron chi connectivity index (χ0n) is 17.6. The lowest BCUT2D eigenvalue weighted by molar-refractivity contribution is -0.122. The largest absolute Gasteiger partial charge is 0.484 e. The lowest BCUT2D eigenvalue weighted by Crippen LogP contribution is -2.34. The number of aromatic nitrogens is 2. The van der Waals surface area contributed by atoms with Gasteiger partial charge in [-0.3, -0.25) is 15.6 Å². The van der Waals surface area contributed by atoms with Gasteiger partial charge >= 0.3 is 0 Å². The number of nitrogens with zero attached hydrogens (tertiary/aromatic N) is 2. The van der Waals surface area contributed by atoms with Gasteiger partial charge in [0.2, 0.25) is 0 Å². The lowest BCUT2D eigenvalue weighted by Gasteiger charge is -2.14. The molecule has 0 aliphatic rings. The quantitative estimate of drug-likeness (QED) is 0.286. The van der Waals surface area contributed by atoms with Gasteiger partial charge in [0.05, 0.1) is 0 Å². The van der Waals surface area contributed by atoms with Gasteiger partial charge in [0.15, 0.2) is 18.2 Å². The van der Waals surface area contributed by atoms with Crippen molar-refractivity contribution in [1.82, 2.24) is 15.4 Å². The maximum Gasteiger partial charge on any atom is 0.276 e. The fourth-order valence-electron chi connectivity index (χ4n) is 2.79. The summed E-state index contributed by atoms with van der Waals surface area (Å²) in [6, 6.07) is 25.9. The molecule has 9 nitrogen and oxygen atoms in total. The first kappa shape index (κ1) is 21.4. The monoisotopic (exact) mass is 442 g/mol. The Hall–Kier alpha value is -4.79. The molecule has 0 spiro atoms. The number of hydrazine groups is 1. The van der Waals surface area contributed by atoms with Crippen molar-refractivity contribution in [1.29, 1.82) is 0 Å². The topological polar surface area (TPSA) is 123 Å². The number of nitrogens with one attached hydrogen (secondary N) is 3. The Balaban J connectivity index is 1.32. The predicted octanol–water partition coefficient (Wildman–Crippen LogP) is 4.12. The van der Waals surface area contributed by atoms with Gasteiger partial charge in [-0.2, -0.15) is 0 Å². The maximum absolute atomic E-state index is 12.0. The van der Waals surface area contributed by atoms with E-state index in [1.54, 1.807) is 12.1 Å². The van der Waals surface area contributed by atoms with E-state index in [9.17, 15) is 4.79 Å². The number of amides is 1. The highest BCUT2D eigenvalue weighted by Gasteiger charge is 2.10. The highest BCUT2D eigenvalue weighted by Crippen LogP contribution is 2.27. The first-order chi connectivity index (χ1) is 16.2. The number of hydrogen-bond donors (Lipinski definition) is 4. The minimum atomic E-state index is -0.389. The van der Waals surface area contributed by atoms with E-state index in [0.717, 1.165) is 11.4 Å². The van der Waals surface area contributed by atoms with Gasteiger partial charge in [0.25, 0.3) is 5.91 Å². The number of hydrogen-bond acceptors (Lipinski definition) is 8. The molecule has 0 aliphatic heterocycles. The molecule has 3 aromatic carbocycles. The Kier molecular flexibility index (Phi) is 6.82. The molecule has 166 valence electrons. The molecule has 1 heterocycles. The summed E-state index contributed by atoms with van der Waals surface area (Å²) in [6.07, 6.45) is 1.33. The summed E-state index contributed by atoms with van der Waals surface area (Å²) >= 11 is 0. The Morgan fingerprint density at radius 1 is 0.788 bits per heavy atom. The summed E-state index contributed by atoms with van der Waals surface area (Å²) in [5, 5.41) is 3.13. The molecule has 1 amide bonds. The van der Waals surface area contributed by atoms with Crippen molar-refractivity contribution in [2.45, 2.75) is 0 Å². The highest BCUT2D eigenvalue weighted by molar-refractivity contribution is 5.82. The predicted molar refractivity (Wildman–Crippen MR) is 126 cm³/mol. The molecule has 9 heteroatoms. The average Bonchev–Trinajstić information content (AvgIpc) is 2.86. The number of anilines is 4. The summed E-state index contributed by atoms with van der Waals surface area (Å²) in [7, 11) is 0. The molecule has 4 rings (SSSR count). The van der Waals surface area contributed by atoms with Crippen molar-refractivity contribution in [2.24, 2.45) is 0 Å². The Morgan fingerprint density at radius 3 is 2.09 bits per heavy atom. The van der Waals surface area contributed by atoms with E-state index in [4.69, 9.17) is 15.2 Å². The van der Waals surface area contributed by atoms with Crippen molar-refractivity contribution < 1.29 is 14.3 Å². The fourth-order valence-corrected chi connectivity index (χ4v) is 2.79. The summed E-state index contributed by atoms with van der Waals surface area (Å²) in [5.41, 5.74) is 12.4. The van der Waals surface area contributed by atoms with E-state index in [2.05, 4.69) is 26.1 Å². The van der Waals surface area contributed by atoms with Crippen LogP contribution in [-0.2, 0) is 4.79 Å². The van der Waals surface area contributed by atoms with Crippen LogP contribution in [0, 0.1) is 0 Å². The van der Waals surface area contributed by atoms with Crippen LogP contribution in [0.2, 0.25) is 0 Å². The second-order valence-corrected chi connectivity index (χ2v) is 6.82. The second-order valence-electron chi connectivity index (χ2n) is 6.82. The molecular formula is C24H22N6O3. The van der Waals surface area contributed by atoms with E-state index in [-0.39, 0.29) is 24.0 Å². The molecule has 5 N–H and O–H groups in total. The van der Waals surface area contributed by atoms with E-state index >= 15 is 0 Å². The van der Waals surface area contributed by atoms with Gasteiger partial charge in [0, 0.05) is 5.69 Å². The maximum atomic E-state index is 12.0. The molecule has 0 aliphatic carbocycles. The van der Waals surface area contributed by atoms with Gasteiger partial charge in [-0.25, -0.2) is 9.97 Å². The molecule has 33 heavy (non-hydrogen) atoms. The molecule has 0 radical (unpaired) electrons. The number of rotatable bonds is 9. The van der Waals surface area contributed by atoms with Crippen LogP contribution in [-0.4, -0.2) is 22.5 Å². The van der Waals surface area contributed by atoms with Gasteiger partial charge in [-0.1, -0.05) is 36.4 Å². The van der Waals surface area contributed by atoms with Crippen molar-refractivity contribution in [2.75, 3.05) is 23.1 Å². The lowest BCUT2D eigenvalue weighted by atomic mass is 10.3. The molecule has 0 bridgehead atoms. The standard InChI is InChI=1S/C24H22N6O3/c25-22-23(28-17-11-13-20(14-12-17)33-19-9-5-2-6-10-19)26-16-27-24(22)30-29-21(31)15-32-18-7-3-1-4-8-18/h1-14,16H,15,25H2,(H,29,31)(H2,26,27,28,30). The molecule has 0 atom stereocenters. The third kappa shape index (κ3) is 6.11. The molecule has 0 unspecified atom stereocenters. The number of benzene rings is 3. The van der Waals surface area contributed by atoms with E-state index in [1.807, 2.05) is 72.8 Å². The van der Waals surface area contributed by atoms with Crippen LogP contribution >= 0.6 is 0 Å². The van der Waals surface area contributed by atoms with Crippen LogP contribution in [0.4, 0.5) is 23.0 Å². The first-order valence-electron chi connectivity index (χ1n) is 10.1. The van der Waals surface area contributed by atoms with E-state index < -0.39 is 0 Å². The zero-order chi connectivity index (χ0) is 22.9. The number of nitrogen functional groups attached to an aromatic ring is 1. The molecule has 0 fully saturated rings. The summed E-state index contributed by atoms with van der Waals surface area (Å²) in [6.45, 7) is -0.162. The van der Waals surface area contributed by atoms with Crippen molar-refractivity contribution in [3.05, 3.63) is 91.3 Å². The van der Waals surface area contributed by atoms with Crippen molar-refractivity contribution >= 4 is 28.9 Å². The Bertz CT molecular complexity index is 1190. The Labute approximate surface area is 190 Å². The molecule has 4 aromatic rings. The molecule has 1 aromatic heterocycles. The number of nitrogens with two attached hydrogens (primary N) is 1. The second kappa shape index (κ2) is 10.5. The molecular weight excluding hydrogens is 420 g/mol. The van der Waals surface area contributed by atoms with Crippen LogP contribution in [0.1, 0.15) is 0 Å². The SMILES string of the molecule is Nc1c(NNC(=O)COc2ccccc2)ncnc1Nc1ccc(Oc2ccccc2)cc1. The fraction of sp³-hybridized carbons (Fsp3) is 0.0417. The average molecular weight is 442 g/mol. The summed E-state index contributed by atoms with van der Waals surface area (Å²) in [5.74, 6) is 2.31. The third-order valence-electron chi connectivity index (χ3n) is 4.41. The van der Waals surface area contributed by atoms with Crippen LogP contribution in [0.25, 0.3) is 0 Å². The van der Waals surface area contributed by atoms with Gasteiger partial charge in [0.1, 0.15) is 29.3 Å². The van der Waals surface area contributed by atoms with E-state index in [0.29, 0.717) is 17.3 Å². The molecule has 0 saturated heterocycles. The van der Waals surface area contributed by atoms with E-state index in [1.165, 1.54) is 6.33 Å². The minimum absolute atomic E-state index is 0.162. The zero-order valence-corrected chi connectivity index (χ0v) is 17.6. The highest BCUT2D eigenvalue weighted by atomic mass is 16.5. The smallest absolute Gasteiger partial charge is 0.276 e. The van der Waals surface area contributed by atoms with Gasteiger partial charge in [-0.05, 0) is 48.5 Å². The van der Waals surface area contributed by atoms with Crippen molar-refractivity contribution in [3.8, 4) is 17.2 Å². The molecule has 0 saturated carbocycles. The van der Waals surface area contributed by atoms with Crippen LogP contribution < -0.4 is 31.4 Å². The number of carbonyl (C=O) groups excluding carboxylic acids is 1. The van der Waals surface area contributed by atoms with Crippen molar-refractivity contribution in [3.63, 3.8) is 0 Å². The summed E-state index contributed by atoms with van der Waals surface area (Å²) in [4.78, 5) is 20.3.